The summed E-state index contributed by atoms with van der Waals surface area (Å²) in [5.41, 5.74) is 12.1. The molecule has 7 aromatic carbocycles. The monoisotopic (exact) mass is 570 g/mol. The minimum atomic E-state index is 0.427. The number of hydrogen-bond donors (Lipinski definition) is 1. The third-order valence-electron chi connectivity index (χ3n) is 8.70. The normalized spacial score (nSPS) is 11.9. The number of benzene rings is 7. The van der Waals surface area contributed by atoms with Gasteiger partial charge in [0.15, 0.2) is 0 Å². The maximum absolute atomic E-state index is 6.72. The van der Waals surface area contributed by atoms with Crippen molar-refractivity contribution in [2.75, 3.05) is 5.73 Å². The molecule has 2 aromatic heterocycles. The van der Waals surface area contributed by atoms with E-state index in [1.54, 1.807) is 11.3 Å². The number of anilines is 1. The average molecular weight is 571 g/mol. The van der Waals surface area contributed by atoms with Crippen LogP contribution in [0.3, 0.4) is 0 Å². The molecule has 43 heavy (non-hydrogen) atoms. The first-order valence-corrected chi connectivity index (χ1v) is 15.3. The van der Waals surface area contributed by atoms with Crippen molar-refractivity contribution in [2.45, 2.75) is 6.61 Å². The van der Waals surface area contributed by atoms with Gasteiger partial charge in [-0.2, -0.15) is 0 Å². The first kappa shape index (κ1) is 24.3. The predicted octanol–water partition coefficient (Wildman–Crippen LogP) is 10.6. The van der Waals surface area contributed by atoms with Crippen molar-refractivity contribution in [1.82, 2.24) is 4.57 Å². The highest BCUT2D eigenvalue weighted by atomic mass is 32.1. The highest BCUT2D eigenvalue weighted by Crippen LogP contribution is 2.42. The van der Waals surface area contributed by atoms with Crippen molar-refractivity contribution in [3.8, 4) is 11.4 Å². The van der Waals surface area contributed by atoms with Gasteiger partial charge in [-0.05, 0) is 64.2 Å². The van der Waals surface area contributed by atoms with Crippen LogP contribution < -0.4 is 10.5 Å². The quantitative estimate of drug-likeness (QED) is 0.214. The molecule has 0 bridgehead atoms. The van der Waals surface area contributed by atoms with Crippen LogP contribution in [-0.2, 0) is 6.61 Å². The summed E-state index contributed by atoms with van der Waals surface area (Å²) in [5.74, 6) is 0.721. The van der Waals surface area contributed by atoms with E-state index in [0.29, 0.717) is 12.3 Å². The molecule has 0 aliphatic rings. The second-order valence-electron chi connectivity index (χ2n) is 11.1. The second-order valence-corrected chi connectivity index (χ2v) is 12.2. The molecular formula is C39H26N2OS. The van der Waals surface area contributed by atoms with Gasteiger partial charge in [0.25, 0.3) is 0 Å². The number of rotatable bonds is 4. The summed E-state index contributed by atoms with van der Waals surface area (Å²) >= 11 is 1.77. The lowest BCUT2D eigenvalue weighted by molar-refractivity contribution is 0.310. The lowest BCUT2D eigenvalue weighted by Gasteiger charge is -2.16. The molecule has 0 aliphatic heterocycles. The van der Waals surface area contributed by atoms with E-state index in [4.69, 9.17) is 10.5 Å². The van der Waals surface area contributed by atoms with Crippen molar-refractivity contribution in [1.29, 1.82) is 0 Å². The summed E-state index contributed by atoms with van der Waals surface area (Å²) in [6, 6.07) is 47.6. The van der Waals surface area contributed by atoms with Gasteiger partial charge in [0, 0.05) is 36.3 Å². The molecule has 0 fully saturated rings. The number of nitrogens with zero attached hydrogens (tertiary/aromatic N) is 1. The van der Waals surface area contributed by atoms with E-state index in [2.05, 4.69) is 132 Å². The molecule has 9 rings (SSSR count). The first-order chi connectivity index (χ1) is 21.2. The number of para-hydroxylation sites is 1. The molecule has 0 atom stereocenters. The number of ether oxygens (including phenoxy) is 1. The van der Waals surface area contributed by atoms with Crippen LogP contribution in [0.15, 0.2) is 133 Å². The number of hydrogen-bond acceptors (Lipinski definition) is 3. The summed E-state index contributed by atoms with van der Waals surface area (Å²) in [5, 5.41) is 9.63. The van der Waals surface area contributed by atoms with Crippen LogP contribution >= 0.6 is 11.3 Å². The third-order valence-corrected chi connectivity index (χ3v) is 9.84. The van der Waals surface area contributed by atoms with Gasteiger partial charge in [-0.15, -0.1) is 11.3 Å². The van der Waals surface area contributed by atoms with Gasteiger partial charge in [-0.25, -0.2) is 0 Å². The number of nitrogen functional groups attached to an aromatic ring is 1. The largest absolute Gasteiger partial charge is 0.487 e. The zero-order chi connectivity index (χ0) is 28.5. The highest BCUT2D eigenvalue weighted by molar-refractivity contribution is 7.26. The van der Waals surface area contributed by atoms with Crippen molar-refractivity contribution < 1.29 is 4.74 Å². The Morgan fingerprint density at radius 3 is 2.12 bits per heavy atom. The Balaban J connectivity index is 1.18. The van der Waals surface area contributed by atoms with Crippen LogP contribution in [0, 0.1) is 0 Å². The van der Waals surface area contributed by atoms with E-state index in [-0.39, 0.29) is 0 Å². The van der Waals surface area contributed by atoms with Gasteiger partial charge in [-0.3, -0.25) is 0 Å². The molecule has 3 nitrogen and oxygen atoms in total. The number of nitrogens with two attached hydrogens (primary N) is 1. The fourth-order valence-corrected chi connectivity index (χ4v) is 7.81. The molecule has 9 aromatic rings. The average Bonchev–Trinajstić information content (AvgIpc) is 3.59. The Labute approximate surface area is 252 Å². The minimum Gasteiger partial charge on any atom is -0.487 e. The van der Waals surface area contributed by atoms with Crippen molar-refractivity contribution in [3.05, 3.63) is 139 Å². The Kier molecular flexibility index (Phi) is 5.28. The number of aromatic nitrogens is 1. The lowest BCUT2D eigenvalue weighted by atomic mass is 10.0. The molecule has 0 unspecified atom stereocenters. The molecule has 0 saturated carbocycles. The standard InChI is InChI=1S/C39H26N2OS/c40-39-35(19-20-37-38(39)30-14-6-8-16-36(30)43-37)42-23-26-17-18-33(28-12-4-3-11-27(26)28)41-32-15-7-5-13-29(32)31-21-24-9-1-2-10-25(24)22-34(31)41/h1-22H,23,40H2. The highest BCUT2D eigenvalue weighted by Gasteiger charge is 2.17. The molecule has 0 saturated heterocycles. The topological polar surface area (TPSA) is 40.2 Å². The number of thiophene rings is 1. The van der Waals surface area contributed by atoms with Crippen LogP contribution in [-0.4, -0.2) is 4.57 Å². The fourth-order valence-electron chi connectivity index (χ4n) is 6.69. The molecule has 2 heterocycles. The molecular weight excluding hydrogens is 545 g/mol. The van der Waals surface area contributed by atoms with Crippen LogP contribution in [0.5, 0.6) is 5.75 Å². The molecule has 2 N–H and O–H groups in total. The summed E-state index contributed by atoms with van der Waals surface area (Å²) in [6.45, 7) is 0.427. The van der Waals surface area contributed by atoms with Gasteiger partial charge >= 0.3 is 0 Å². The van der Waals surface area contributed by atoms with Gasteiger partial charge < -0.3 is 15.0 Å². The van der Waals surface area contributed by atoms with Gasteiger partial charge in [0.05, 0.1) is 22.4 Å². The summed E-state index contributed by atoms with van der Waals surface area (Å²) < 4.78 is 11.3. The molecule has 4 heteroatoms. The SMILES string of the molecule is Nc1c(OCc2ccc(-n3c4ccccc4c4cc5ccccc5cc43)c3ccccc23)ccc2sc3ccccc3c12. The van der Waals surface area contributed by atoms with E-state index in [0.717, 1.165) is 22.4 Å². The maximum atomic E-state index is 6.72. The molecule has 204 valence electrons. The Morgan fingerprint density at radius 1 is 0.558 bits per heavy atom. The van der Waals surface area contributed by atoms with E-state index in [9.17, 15) is 0 Å². The smallest absolute Gasteiger partial charge is 0.143 e. The van der Waals surface area contributed by atoms with E-state index < -0.39 is 0 Å². The third kappa shape index (κ3) is 3.67. The lowest BCUT2D eigenvalue weighted by Crippen LogP contribution is -2.02. The van der Waals surface area contributed by atoms with Crippen molar-refractivity contribution in [3.63, 3.8) is 0 Å². The summed E-state index contributed by atoms with van der Waals surface area (Å²) in [6.07, 6.45) is 0. The fraction of sp³-hybridized carbons (Fsp3) is 0.0256. The Hall–Kier alpha value is -5.32. The van der Waals surface area contributed by atoms with Crippen molar-refractivity contribution in [2.24, 2.45) is 0 Å². The van der Waals surface area contributed by atoms with Crippen LogP contribution in [0.1, 0.15) is 5.56 Å². The van der Waals surface area contributed by atoms with Crippen molar-refractivity contribution >= 4 is 80.5 Å². The molecule has 0 spiro atoms. The second kappa shape index (κ2) is 9.35. The maximum Gasteiger partial charge on any atom is 0.143 e. The summed E-state index contributed by atoms with van der Waals surface area (Å²) in [7, 11) is 0. The van der Waals surface area contributed by atoms with Gasteiger partial charge in [0.2, 0.25) is 0 Å². The van der Waals surface area contributed by atoms with Crippen LogP contribution in [0.4, 0.5) is 5.69 Å². The van der Waals surface area contributed by atoms with Crippen LogP contribution in [0.25, 0.3) is 69.2 Å². The molecule has 0 radical (unpaired) electrons. The molecule has 0 amide bonds. The van der Waals surface area contributed by atoms with E-state index >= 15 is 0 Å². The zero-order valence-electron chi connectivity index (χ0n) is 23.2. The van der Waals surface area contributed by atoms with Crippen LogP contribution in [0.2, 0.25) is 0 Å². The number of fused-ring (bicyclic) bond motifs is 8. The van der Waals surface area contributed by atoms with Gasteiger partial charge in [0.1, 0.15) is 12.4 Å². The van der Waals surface area contributed by atoms with Gasteiger partial charge in [-0.1, -0.05) is 91.0 Å². The molecule has 0 aliphatic carbocycles. The summed E-state index contributed by atoms with van der Waals surface area (Å²) in [4.78, 5) is 0. The Bertz CT molecular complexity index is 2540. The Morgan fingerprint density at radius 2 is 1.26 bits per heavy atom. The predicted molar refractivity (Wildman–Crippen MR) is 184 cm³/mol. The van der Waals surface area contributed by atoms with E-state index in [1.165, 1.54) is 58.1 Å². The minimum absolute atomic E-state index is 0.427. The van der Waals surface area contributed by atoms with E-state index in [1.807, 2.05) is 6.07 Å². The first-order valence-electron chi connectivity index (χ1n) is 14.5. The zero-order valence-corrected chi connectivity index (χ0v) is 24.1.